The largest absolute Gasteiger partial charge is 0.466 e. The van der Waals surface area contributed by atoms with Crippen LogP contribution in [0.5, 0.6) is 0 Å². The highest BCUT2D eigenvalue weighted by molar-refractivity contribution is 6.34. The molecule has 0 fully saturated rings. The summed E-state index contributed by atoms with van der Waals surface area (Å²) in [7, 11) is 2.43. The second-order valence-electron chi connectivity index (χ2n) is 7.73. The number of carbonyl (C=O) groups is 3. The SMILES string of the molecule is COC(=O)/C=C(\C(=O)OC)[C@@]1(C)C(=O)C(c2ccc3ccccc3c2)=Cc2ccccc21. The molecule has 32 heavy (non-hydrogen) atoms. The zero-order valence-corrected chi connectivity index (χ0v) is 18.0. The van der Waals surface area contributed by atoms with Crippen molar-refractivity contribution in [2.45, 2.75) is 12.3 Å². The van der Waals surface area contributed by atoms with Crippen LogP contribution < -0.4 is 0 Å². The molecule has 0 aromatic heterocycles. The van der Waals surface area contributed by atoms with E-state index in [0.717, 1.165) is 28.0 Å². The van der Waals surface area contributed by atoms with Crippen LogP contribution in [0.1, 0.15) is 23.6 Å². The van der Waals surface area contributed by atoms with E-state index < -0.39 is 17.4 Å². The minimum atomic E-state index is -1.44. The Labute approximate surface area is 186 Å². The first-order valence-corrected chi connectivity index (χ1v) is 10.1. The highest BCUT2D eigenvalue weighted by Gasteiger charge is 2.47. The van der Waals surface area contributed by atoms with Crippen LogP contribution >= 0.6 is 0 Å². The zero-order valence-electron chi connectivity index (χ0n) is 18.0. The van der Waals surface area contributed by atoms with Gasteiger partial charge in [0, 0.05) is 11.6 Å². The summed E-state index contributed by atoms with van der Waals surface area (Å²) in [5.74, 6) is -1.80. The average Bonchev–Trinajstić information content (AvgIpc) is 2.83. The lowest BCUT2D eigenvalue weighted by molar-refractivity contribution is -0.139. The van der Waals surface area contributed by atoms with Crippen LogP contribution in [0.2, 0.25) is 0 Å². The summed E-state index contributed by atoms with van der Waals surface area (Å²) in [6.07, 6.45) is 2.88. The first kappa shape index (κ1) is 21.2. The van der Waals surface area contributed by atoms with Gasteiger partial charge < -0.3 is 9.47 Å². The minimum absolute atomic E-state index is 0.0734. The molecule has 160 valence electrons. The average molecular weight is 426 g/mol. The van der Waals surface area contributed by atoms with Gasteiger partial charge in [-0.25, -0.2) is 9.59 Å². The molecule has 3 aromatic carbocycles. The van der Waals surface area contributed by atoms with E-state index in [4.69, 9.17) is 9.47 Å². The van der Waals surface area contributed by atoms with Crippen molar-refractivity contribution in [1.82, 2.24) is 0 Å². The molecule has 1 atom stereocenters. The summed E-state index contributed by atoms with van der Waals surface area (Å²) in [4.78, 5) is 38.9. The third-order valence-electron chi connectivity index (χ3n) is 5.97. The maximum absolute atomic E-state index is 14.0. The van der Waals surface area contributed by atoms with Crippen molar-refractivity contribution in [3.63, 3.8) is 0 Å². The van der Waals surface area contributed by atoms with Crippen molar-refractivity contribution in [2.24, 2.45) is 0 Å². The molecule has 5 nitrogen and oxygen atoms in total. The monoisotopic (exact) mass is 426 g/mol. The van der Waals surface area contributed by atoms with Gasteiger partial charge in [-0.3, -0.25) is 4.79 Å². The third kappa shape index (κ3) is 3.42. The van der Waals surface area contributed by atoms with Gasteiger partial charge in [-0.2, -0.15) is 0 Å². The number of ether oxygens (including phenoxy) is 2. The Balaban J connectivity index is 1.97. The van der Waals surface area contributed by atoms with Gasteiger partial charge in [-0.1, -0.05) is 60.7 Å². The number of benzene rings is 3. The number of Topliss-reactive ketones (excluding diaryl/α,β-unsaturated/α-hetero) is 1. The van der Waals surface area contributed by atoms with Crippen LogP contribution in [0.25, 0.3) is 22.4 Å². The van der Waals surface area contributed by atoms with Crippen LogP contribution in [0.4, 0.5) is 0 Å². The molecule has 4 rings (SSSR count). The molecule has 0 N–H and O–H groups in total. The van der Waals surface area contributed by atoms with Crippen molar-refractivity contribution < 1.29 is 23.9 Å². The van der Waals surface area contributed by atoms with E-state index >= 15 is 0 Å². The maximum atomic E-state index is 14.0. The van der Waals surface area contributed by atoms with Gasteiger partial charge >= 0.3 is 11.9 Å². The van der Waals surface area contributed by atoms with Gasteiger partial charge in [-0.05, 0) is 46.5 Å². The van der Waals surface area contributed by atoms with Crippen molar-refractivity contribution in [3.05, 3.63) is 95.1 Å². The fourth-order valence-electron chi connectivity index (χ4n) is 4.22. The maximum Gasteiger partial charge on any atom is 0.335 e. The number of rotatable bonds is 4. The van der Waals surface area contributed by atoms with E-state index in [1.807, 2.05) is 60.7 Å². The number of esters is 2. The van der Waals surface area contributed by atoms with Gasteiger partial charge in [0.2, 0.25) is 0 Å². The van der Waals surface area contributed by atoms with E-state index in [-0.39, 0.29) is 11.4 Å². The van der Waals surface area contributed by atoms with Gasteiger partial charge in [0.1, 0.15) is 0 Å². The highest BCUT2D eigenvalue weighted by Crippen LogP contribution is 2.44. The summed E-state index contributed by atoms with van der Waals surface area (Å²) in [6.45, 7) is 1.65. The topological polar surface area (TPSA) is 69.7 Å². The Kier molecular flexibility index (Phi) is 5.49. The van der Waals surface area contributed by atoms with E-state index in [0.29, 0.717) is 11.1 Å². The smallest absolute Gasteiger partial charge is 0.335 e. The Morgan fingerprint density at radius 2 is 1.56 bits per heavy atom. The van der Waals surface area contributed by atoms with Gasteiger partial charge in [0.15, 0.2) is 5.78 Å². The second-order valence-corrected chi connectivity index (χ2v) is 7.73. The molecule has 0 saturated carbocycles. The molecule has 0 heterocycles. The molecular weight excluding hydrogens is 404 g/mol. The van der Waals surface area contributed by atoms with Crippen LogP contribution in [0.15, 0.2) is 78.4 Å². The number of hydrogen-bond donors (Lipinski definition) is 0. The molecular formula is C27H22O5. The number of fused-ring (bicyclic) bond motifs is 2. The summed E-state index contributed by atoms with van der Waals surface area (Å²) in [5, 5.41) is 2.06. The predicted octanol–water partition coefficient (Wildman–Crippen LogP) is 4.49. The van der Waals surface area contributed by atoms with Crippen molar-refractivity contribution in [3.8, 4) is 0 Å². The second kappa shape index (κ2) is 8.27. The van der Waals surface area contributed by atoms with E-state index in [2.05, 4.69) is 0 Å². The van der Waals surface area contributed by atoms with Crippen molar-refractivity contribution in [1.29, 1.82) is 0 Å². The highest BCUT2D eigenvalue weighted by atomic mass is 16.5. The first-order valence-electron chi connectivity index (χ1n) is 10.1. The van der Waals surface area contributed by atoms with Crippen LogP contribution in [0.3, 0.4) is 0 Å². The molecule has 5 heteroatoms. The normalized spacial score (nSPS) is 18.0. The lowest BCUT2D eigenvalue weighted by Gasteiger charge is -2.35. The van der Waals surface area contributed by atoms with Gasteiger partial charge in [0.05, 0.1) is 25.2 Å². The van der Waals surface area contributed by atoms with Crippen LogP contribution in [-0.2, 0) is 29.3 Å². The summed E-state index contributed by atoms with van der Waals surface area (Å²) < 4.78 is 9.70. The Morgan fingerprint density at radius 3 is 2.28 bits per heavy atom. The first-order chi connectivity index (χ1) is 15.4. The van der Waals surface area contributed by atoms with Crippen molar-refractivity contribution in [2.75, 3.05) is 14.2 Å². The summed E-state index contributed by atoms with van der Waals surface area (Å²) in [5.41, 5.74) is 1.09. The predicted molar refractivity (Wildman–Crippen MR) is 123 cm³/mol. The van der Waals surface area contributed by atoms with Crippen LogP contribution in [0, 0.1) is 0 Å². The van der Waals surface area contributed by atoms with Gasteiger partial charge in [-0.15, -0.1) is 0 Å². The zero-order chi connectivity index (χ0) is 22.9. The molecule has 1 aliphatic carbocycles. The molecule has 0 bridgehead atoms. The molecule has 0 unspecified atom stereocenters. The van der Waals surface area contributed by atoms with E-state index in [1.165, 1.54) is 14.2 Å². The Hall–Kier alpha value is -3.99. The van der Waals surface area contributed by atoms with Crippen molar-refractivity contribution >= 4 is 40.1 Å². The minimum Gasteiger partial charge on any atom is -0.466 e. The standard InChI is InChI=1S/C27H22O5/c1-27(23(26(30)32-3)16-24(28)31-2)22-11-7-6-10-20(22)15-21(25(27)29)19-13-12-17-8-4-5-9-18(17)14-19/h4-16H,1-3H3/b23-16+/t27-/m0/s1. The molecule has 0 aliphatic heterocycles. The van der Waals surface area contributed by atoms with E-state index in [9.17, 15) is 14.4 Å². The quantitative estimate of drug-likeness (QED) is 0.454. The fourth-order valence-corrected chi connectivity index (χ4v) is 4.22. The lowest BCUT2D eigenvalue weighted by atomic mass is 9.65. The number of hydrogen-bond acceptors (Lipinski definition) is 5. The van der Waals surface area contributed by atoms with E-state index in [1.54, 1.807) is 19.1 Å². The molecule has 1 aliphatic rings. The molecule has 0 spiro atoms. The Morgan fingerprint density at radius 1 is 0.875 bits per heavy atom. The Bertz CT molecular complexity index is 1310. The number of methoxy groups -OCH3 is 2. The molecule has 3 aromatic rings. The van der Waals surface area contributed by atoms with Gasteiger partial charge in [0.25, 0.3) is 0 Å². The number of carbonyl (C=O) groups excluding carboxylic acids is 3. The number of ketones is 1. The summed E-state index contributed by atoms with van der Waals surface area (Å²) in [6, 6.07) is 21.0. The molecule has 0 radical (unpaired) electrons. The fraction of sp³-hybridized carbons (Fsp3) is 0.148. The lowest BCUT2D eigenvalue weighted by Crippen LogP contribution is -2.41. The summed E-state index contributed by atoms with van der Waals surface area (Å²) >= 11 is 0. The molecule has 0 amide bonds. The van der Waals surface area contributed by atoms with Crippen LogP contribution in [-0.4, -0.2) is 31.9 Å². The molecule has 0 saturated heterocycles. The third-order valence-corrected chi connectivity index (χ3v) is 5.97. The number of allylic oxidation sites excluding steroid dienone is 1.